The third-order valence-electron chi connectivity index (χ3n) is 4.51. The number of thiophene rings is 1. The summed E-state index contributed by atoms with van der Waals surface area (Å²) in [5.41, 5.74) is 5.99. The number of halogens is 5. The summed E-state index contributed by atoms with van der Waals surface area (Å²) in [5, 5.41) is 11.8. The summed E-state index contributed by atoms with van der Waals surface area (Å²) in [5.74, 6) is 0.173. The van der Waals surface area contributed by atoms with Crippen LogP contribution in [-0.4, -0.2) is 29.2 Å². The van der Waals surface area contributed by atoms with E-state index in [1.54, 1.807) is 25.4 Å². The second kappa shape index (κ2) is 5.36. The van der Waals surface area contributed by atoms with Crippen molar-refractivity contribution in [3.8, 4) is 11.1 Å². The van der Waals surface area contributed by atoms with Crippen molar-refractivity contribution in [2.24, 2.45) is 10.7 Å². The van der Waals surface area contributed by atoms with Crippen LogP contribution in [0.25, 0.3) is 11.1 Å². The first-order chi connectivity index (χ1) is 12.1. The quantitative estimate of drug-likeness (QED) is 0.657. The maximum absolute atomic E-state index is 12.8. The number of hydrogen-bond acceptors (Lipinski definition) is 5. The van der Waals surface area contributed by atoms with Crippen LogP contribution in [0.1, 0.15) is 18.2 Å². The van der Waals surface area contributed by atoms with E-state index >= 15 is 0 Å². The molecule has 1 aliphatic rings. The van der Waals surface area contributed by atoms with Crippen LogP contribution >= 0.6 is 21.6 Å². The molecular weight excluding hydrogens is 409 g/mol. The van der Waals surface area contributed by atoms with E-state index in [1.807, 2.05) is 0 Å². The van der Waals surface area contributed by atoms with Crippen molar-refractivity contribution in [2.75, 3.05) is 7.05 Å². The fourth-order valence-corrected chi connectivity index (χ4v) is 4.54. The molecule has 2 atom stereocenters. The highest BCUT2D eigenvalue weighted by atomic mass is 32.5. The Labute approximate surface area is 156 Å². The summed E-state index contributed by atoms with van der Waals surface area (Å²) >= 11 is 1.31. The van der Waals surface area contributed by atoms with Crippen molar-refractivity contribution in [3.05, 3.63) is 40.6 Å². The Morgan fingerprint density at radius 1 is 1.19 bits per heavy atom. The monoisotopic (exact) mass is 427 g/mol. The molecule has 0 amide bonds. The van der Waals surface area contributed by atoms with Gasteiger partial charge < -0.3 is 15.7 Å². The fraction of sp³-hybridized carbons (Fsp3) is 0.312. The van der Waals surface area contributed by atoms with E-state index in [0.717, 1.165) is 17.0 Å². The van der Waals surface area contributed by atoms with Gasteiger partial charge in [-0.15, -0.1) is 11.3 Å². The minimum Gasteiger partial charge on any atom is -0.373 e. The van der Waals surface area contributed by atoms with Gasteiger partial charge in [-0.1, -0.05) is 31.6 Å². The van der Waals surface area contributed by atoms with Crippen molar-refractivity contribution >= 4 is 27.5 Å². The molecular formula is C16H18F5N3OS2. The number of aliphatic imine (C=N–C) groups is 1. The molecule has 1 aliphatic heterocycles. The molecule has 2 unspecified atom stereocenters. The third kappa shape index (κ3) is 3.90. The Morgan fingerprint density at radius 3 is 2.30 bits per heavy atom. The molecule has 1 aromatic heterocycles. The largest absolute Gasteiger partial charge is 0.373 e. The van der Waals surface area contributed by atoms with Gasteiger partial charge in [-0.2, -0.15) is 0 Å². The Hall–Kier alpha value is -1.85. The summed E-state index contributed by atoms with van der Waals surface area (Å²) in [6, 6.07) is 4.54. The van der Waals surface area contributed by atoms with E-state index in [0.29, 0.717) is 23.3 Å². The lowest BCUT2D eigenvalue weighted by Gasteiger charge is -2.40. The molecule has 150 valence electrons. The van der Waals surface area contributed by atoms with Crippen molar-refractivity contribution in [2.45, 2.75) is 30.0 Å². The Morgan fingerprint density at radius 2 is 1.78 bits per heavy atom. The summed E-state index contributed by atoms with van der Waals surface area (Å²) < 4.78 is 64.2. The van der Waals surface area contributed by atoms with Crippen LogP contribution in [0.4, 0.5) is 19.4 Å². The van der Waals surface area contributed by atoms with E-state index in [-0.39, 0.29) is 12.4 Å². The molecule has 3 rings (SSSR count). The zero-order valence-corrected chi connectivity index (χ0v) is 16.0. The molecule has 0 radical (unpaired) electrons. The maximum atomic E-state index is 12.8. The van der Waals surface area contributed by atoms with Gasteiger partial charge in [0.15, 0.2) is 5.96 Å². The molecule has 0 saturated heterocycles. The molecule has 0 spiro atoms. The Balaban J connectivity index is 1.93. The van der Waals surface area contributed by atoms with Crippen LogP contribution in [0, 0.1) is 0 Å². The molecule has 0 bridgehead atoms. The molecule has 1 aromatic carbocycles. The van der Waals surface area contributed by atoms with Crippen LogP contribution in [0.2, 0.25) is 0 Å². The number of hydrogen-bond donors (Lipinski definition) is 2. The zero-order chi connectivity index (χ0) is 20.3. The highest BCUT2D eigenvalue weighted by Crippen LogP contribution is 3.02. The summed E-state index contributed by atoms with van der Waals surface area (Å²) in [6.45, 7) is 1.79. The van der Waals surface area contributed by atoms with Crippen molar-refractivity contribution < 1.29 is 24.5 Å². The minimum absolute atomic E-state index is 0.173. The number of nitrogens with zero attached hydrogens (tertiary/aromatic N) is 2. The topological polar surface area (TPSA) is 61.8 Å². The Kier molecular flexibility index (Phi) is 3.95. The molecule has 4 nitrogen and oxygen atoms in total. The molecule has 0 fully saturated rings. The molecule has 2 heterocycles. The highest BCUT2D eigenvalue weighted by molar-refractivity contribution is 8.45. The first-order valence-corrected chi connectivity index (χ1v) is 10.6. The van der Waals surface area contributed by atoms with E-state index in [4.69, 9.17) is 5.73 Å². The number of nitrogens with two attached hydrogens (primary N) is 1. The SMILES string of the molecule is CN1C(N)=NC(C)(c2cc(-c3ccc(S(F)(F)(F)(F)F)cc3)cs2)CC1O. The second-order valence-corrected chi connectivity index (χ2v) is 10.1. The molecule has 3 N–H and O–H groups in total. The van der Waals surface area contributed by atoms with Crippen LogP contribution in [-0.2, 0) is 5.54 Å². The lowest BCUT2D eigenvalue weighted by molar-refractivity contribution is 0.0298. The smallest absolute Gasteiger partial charge is 0.310 e. The number of guanidine groups is 1. The van der Waals surface area contributed by atoms with E-state index < -0.39 is 26.9 Å². The van der Waals surface area contributed by atoms with Crippen molar-refractivity contribution in [1.29, 1.82) is 0 Å². The van der Waals surface area contributed by atoms with Gasteiger partial charge in [0.25, 0.3) is 0 Å². The van der Waals surface area contributed by atoms with Crippen LogP contribution in [0.15, 0.2) is 45.6 Å². The van der Waals surface area contributed by atoms with Gasteiger partial charge in [0.2, 0.25) is 0 Å². The highest BCUT2D eigenvalue weighted by Gasteiger charge is 2.65. The lowest BCUT2D eigenvalue weighted by atomic mass is 9.92. The number of aliphatic hydroxyl groups is 1. The predicted octanol–water partition coefficient (Wildman–Crippen LogP) is 5.26. The maximum Gasteiger partial charge on any atom is 0.310 e. The molecule has 0 saturated carbocycles. The predicted molar refractivity (Wildman–Crippen MR) is 98.5 cm³/mol. The van der Waals surface area contributed by atoms with Gasteiger partial charge in [-0.05, 0) is 41.6 Å². The van der Waals surface area contributed by atoms with Crippen LogP contribution in [0.5, 0.6) is 0 Å². The number of aliphatic hydroxyl groups excluding tert-OH is 1. The molecule has 11 heteroatoms. The van der Waals surface area contributed by atoms with Gasteiger partial charge >= 0.3 is 10.2 Å². The second-order valence-electron chi connectivity index (χ2n) is 6.73. The summed E-state index contributed by atoms with van der Waals surface area (Å²) in [7, 11) is -8.07. The van der Waals surface area contributed by atoms with Crippen molar-refractivity contribution in [1.82, 2.24) is 4.90 Å². The van der Waals surface area contributed by atoms with Gasteiger partial charge in [-0.25, -0.2) is 4.99 Å². The first-order valence-electron chi connectivity index (χ1n) is 7.79. The van der Waals surface area contributed by atoms with E-state index in [9.17, 15) is 24.5 Å². The van der Waals surface area contributed by atoms with E-state index in [2.05, 4.69) is 4.99 Å². The van der Waals surface area contributed by atoms with Crippen LogP contribution < -0.4 is 5.73 Å². The Bertz CT molecular complexity index is 911. The van der Waals surface area contributed by atoms with E-state index in [1.165, 1.54) is 16.2 Å². The fourth-order valence-electron chi connectivity index (χ4n) is 2.85. The van der Waals surface area contributed by atoms with Gasteiger partial charge in [-0.3, -0.25) is 0 Å². The van der Waals surface area contributed by atoms with Gasteiger partial charge in [0.1, 0.15) is 16.7 Å². The molecule has 27 heavy (non-hydrogen) atoms. The molecule has 2 aromatic rings. The third-order valence-corrected chi connectivity index (χ3v) is 6.86. The normalized spacial score (nSPS) is 26.3. The standard InChI is InChI=1S/C16H18F5N3OS2/c1-16(8-14(25)24(2)15(22)23-16)13-7-11(9-26-13)10-3-5-12(6-4-10)27(17,18,19,20)21/h3-7,9,14,25H,8H2,1-2H3,(H2,22,23). The minimum atomic E-state index is -9.68. The van der Waals surface area contributed by atoms with Gasteiger partial charge in [0.05, 0.1) is 0 Å². The van der Waals surface area contributed by atoms with Crippen LogP contribution in [0.3, 0.4) is 0 Å². The lowest BCUT2D eigenvalue weighted by Crippen LogP contribution is -2.49. The number of rotatable bonds is 3. The summed E-state index contributed by atoms with van der Waals surface area (Å²) in [4.78, 5) is 4.69. The first kappa shape index (κ1) is 19.9. The van der Waals surface area contributed by atoms with Gasteiger partial charge in [0, 0.05) is 18.3 Å². The average molecular weight is 427 g/mol. The zero-order valence-electron chi connectivity index (χ0n) is 14.4. The van der Waals surface area contributed by atoms with Crippen molar-refractivity contribution in [3.63, 3.8) is 0 Å². The number of benzene rings is 1. The summed E-state index contributed by atoms with van der Waals surface area (Å²) in [6.07, 6.45) is -0.539. The molecule has 0 aliphatic carbocycles. The average Bonchev–Trinajstić information content (AvgIpc) is 3.01.